The highest BCUT2D eigenvalue weighted by atomic mass is 16.5. The number of rotatable bonds is 3. The van der Waals surface area contributed by atoms with Crippen molar-refractivity contribution in [1.29, 1.82) is 0 Å². The van der Waals surface area contributed by atoms with Gasteiger partial charge >= 0.3 is 0 Å². The first-order chi connectivity index (χ1) is 11.1. The largest absolute Gasteiger partial charge is 0.497 e. The fourth-order valence-corrected chi connectivity index (χ4v) is 5.59. The standard InChI is InChI=1S/C19H26N2O2/c1-23-14-6-5-13-10-17-15-4-2-3-7-19(15,16(13)11-14)8-9-21(17)12-18(20)22/h5-6,11,15,17H,2-4,7-10,12H2,1H3,(H2,20,22)/t15-,17+,19+/m1/s1. The monoisotopic (exact) mass is 314 g/mol. The fraction of sp³-hybridized carbons (Fsp3) is 0.632. The van der Waals surface area contributed by atoms with E-state index in [1.807, 2.05) is 0 Å². The number of hydrogen-bond acceptors (Lipinski definition) is 3. The zero-order valence-electron chi connectivity index (χ0n) is 13.9. The minimum atomic E-state index is -0.200. The van der Waals surface area contributed by atoms with Crippen LogP contribution in [0.5, 0.6) is 5.75 Å². The Kier molecular flexibility index (Phi) is 3.60. The van der Waals surface area contributed by atoms with Crippen molar-refractivity contribution in [2.75, 3.05) is 20.2 Å². The maximum atomic E-state index is 11.5. The zero-order valence-corrected chi connectivity index (χ0v) is 13.9. The van der Waals surface area contributed by atoms with Crippen molar-refractivity contribution < 1.29 is 9.53 Å². The highest BCUT2D eigenvalue weighted by Crippen LogP contribution is 2.56. The van der Waals surface area contributed by atoms with E-state index in [1.54, 1.807) is 7.11 Å². The summed E-state index contributed by atoms with van der Waals surface area (Å²) in [7, 11) is 1.75. The Balaban J connectivity index is 1.79. The molecule has 2 aliphatic carbocycles. The molecule has 1 aromatic carbocycles. The predicted octanol–water partition coefficient (Wildman–Crippen LogP) is 2.24. The van der Waals surface area contributed by atoms with Crippen LogP contribution in [-0.4, -0.2) is 37.0 Å². The number of carbonyl (C=O) groups is 1. The topological polar surface area (TPSA) is 55.6 Å². The van der Waals surface area contributed by atoms with E-state index in [9.17, 15) is 4.79 Å². The number of piperidine rings is 1. The summed E-state index contributed by atoms with van der Waals surface area (Å²) < 4.78 is 5.50. The summed E-state index contributed by atoms with van der Waals surface area (Å²) in [4.78, 5) is 13.8. The summed E-state index contributed by atoms with van der Waals surface area (Å²) in [5.41, 5.74) is 8.76. The first-order valence-electron chi connectivity index (χ1n) is 8.84. The van der Waals surface area contributed by atoms with E-state index >= 15 is 0 Å². The minimum absolute atomic E-state index is 0.200. The Morgan fingerprint density at radius 3 is 3.04 bits per heavy atom. The third-order valence-corrected chi connectivity index (χ3v) is 6.52. The first-order valence-corrected chi connectivity index (χ1v) is 8.84. The van der Waals surface area contributed by atoms with Gasteiger partial charge in [-0.25, -0.2) is 0 Å². The molecular weight excluding hydrogens is 288 g/mol. The lowest BCUT2D eigenvalue weighted by Gasteiger charge is -2.59. The Morgan fingerprint density at radius 1 is 1.39 bits per heavy atom. The van der Waals surface area contributed by atoms with Crippen molar-refractivity contribution in [2.24, 2.45) is 11.7 Å². The van der Waals surface area contributed by atoms with Crippen LogP contribution < -0.4 is 10.5 Å². The van der Waals surface area contributed by atoms with Crippen LogP contribution in [0.15, 0.2) is 18.2 Å². The third-order valence-electron chi connectivity index (χ3n) is 6.52. The molecule has 0 spiro atoms. The van der Waals surface area contributed by atoms with Crippen LogP contribution in [0, 0.1) is 5.92 Å². The van der Waals surface area contributed by atoms with Crippen molar-refractivity contribution in [3.63, 3.8) is 0 Å². The van der Waals surface area contributed by atoms with Crippen molar-refractivity contribution in [1.82, 2.24) is 4.90 Å². The molecule has 0 radical (unpaired) electrons. The van der Waals surface area contributed by atoms with Crippen molar-refractivity contribution in [3.05, 3.63) is 29.3 Å². The van der Waals surface area contributed by atoms with Gasteiger partial charge in [0.15, 0.2) is 0 Å². The molecule has 4 heteroatoms. The molecule has 3 aliphatic rings. The molecule has 2 N–H and O–H groups in total. The number of hydrogen-bond donors (Lipinski definition) is 1. The number of carbonyl (C=O) groups excluding carboxylic acids is 1. The number of amides is 1. The second-order valence-corrected chi connectivity index (χ2v) is 7.49. The lowest BCUT2D eigenvalue weighted by molar-refractivity contribution is -0.121. The molecule has 1 saturated carbocycles. The highest BCUT2D eigenvalue weighted by Gasteiger charge is 2.53. The molecule has 23 heavy (non-hydrogen) atoms. The van der Waals surface area contributed by atoms with Gasteiger partial charge in [0.25, 0.3) is 0 Å². The van der Waals surface area contributed by atoms with Gasteiger partial charge in [0.2, 0.25) is 5.91 Å². The smallest absolute Gasteiger partial charge is 0.231 e. The summed E-state index contributed by atoms with van der Waals surface area (Å²) in [6.45, 7) is 1.39. The molecule has 2 fully saturated rings. The molecule has 3 atom stereocenters. The Labute approximate surface area is 138 Å². The molecule has 0 unspecified atom stereocenters. The maximum absolute atomic E-state index is 11.5. The first kappa shape index (κ1) is 15.0. The SMILES string of the molecule is COc1ccc2c(c1)[C@]13CCCC[C@@H]1[C@H](C2)N(CC(N)=O)CC3. The normalized spacial score (nSPS) is 32.7. The summed E-state index contributed by atoms with van der Waals surface area (Å²) in [6.07, 6.45) is 7.36. The van der Waals surface area contributed by atoms with Crippen molar-refractivity contribution in [3.8, 4) is 5.75 Å². The molecule has 1 aliphatic heterocycles. The lowest BCUT2D eigenvalue weighted by atomic mass is 9.52. The Morgan fingerprint density at radius 2 is 2.26 bits per heavy atom. The second kappa shape index (κ2) is 5.52. The molecule has 2 bridgehead atoms. The number of fused-ring (bicyclic) bond motifs is 1. The molecule has 1 heterocycles. The highest BCUT2D eigenvalue weighted by molar-refractivity contribution is 5.76. The minimum Gasteiger partial charge on any atom is -0.497 e. The molecule has 4 rings (SSSR count). The molecule has 0 aromatic heterocycles. The number of primary amides is 1. The zero-order chi connectivity index (χ0) is 16.0. The summed E-state index contributed by atoms with van der Waals surface area (Å²) in [5.74, 6) is 1.43. The van der Waals surface area contributed by atoms with E-state index in [0.717, 1.165) is 25.1 Å². The van der Waals surface area contributed by atoms with E-state index in [-0.39, 0.29) is 5.91 Å². The van der Waals surface area contributed by atoms with Gasteiger partial charge in [-0.3, -0.25) is 9.69 Å². The van der Waals surface area contributed by atoms with Crippen LogP contribution in [-0.2, 0) is 16.6 Å². The number of methoxy groups -OCH3 is 1. The molecular formula is C19H26N2O2. The molecule has 4 nitrogen and oxygen atoms in total. The fourth-order valence-electron chi connectivity index (χ4n) is 5.59. The number of likely N-dealkylation sites (tertiary alicyclic amines) is 1. The lowest BCUT2D eigenvalue weighted by Crippen LogP contribution is -2.61. The second-order valence-electron chi connectivity index (χ2n) is 7.49. The van der Waals surface area contributed by atoms with Gasteiger partial charge < -0.3 is 10.5 Å². The van der Waals surface area contributed by atoms with E-state index < -0.39 is 0 Å². The summed E-state index contributed by atoms with van der Waals surface area (Å²) in [5, 5.41) is 0. The van der Waals surface area contributed by atoms with Crippen molar-refractivity contribution >= 4 is 5.91 Å². The number of nitrogens with zero attached hydrogens (tertiary/aromatic N) is 1. The molecule has 124 valence electrons. The Bertz CT molecular complexity index is 630. The summed E-state index contributed by atoms with van der Waals surface area (Å²) in [6, 6.07) is 7.07. The quantitative estimate of drug-likeness (QED) is 0.931. The predicted molar refractivity (Wildman–Crippen MR) is 89.5 cm³/mol. The van der Waals surface area contributed by atoms with E-state index in [1.165, 1.54) is 36.8 Å². The summed E-state index contributed by atoms with van der Waals surface area (Å²) >= 11 is 0. The molecule has 1 amide bonds. The van der Waals surface area contributed by atoms with E-state index in [0.29, 0.717) is 23.9 Å². The Hall–Kier alpha value is -1.55. The van der Waals surface area contributed by atoms with Gasteiger partial charge in [-0.05, 0) is 61.4 Å². The molecule has 1 saturated heterocycles. The van der Waals surface area contributed by atoms with E-state index in [2.05, 4.69) is 23.1 Å². The van der Waals surface area contributed by atoms with Gasteiger partial charge in [0, 0.05) is 11.5 Å². The van der Waals surface area contributed by atoms with Crippen LogP contribution in [0.2, 0.25) is 0 Å². The third kappa shape index (κ3) is 2.26. The van der Waals surface area contributed by atoms with Gasteiger partial charge in [-0.1, -0.05) is 18.9 Å². The van der Waals surface area contributed by atoms with Crippen LogP contribution in [0.1, 0.15) is 43.2 Å². The maximum Gasteiger partial charge on any atom is 0.231 e. The van der Waals surface area contributed by atoms with Crippen LogP contribution in [0.3, 0.4) is 0 Å². The number of nitrogens with two attached hydrogens (primary N) is 1. The average molecular weight is 314 g/mol. The average Bonchev–Trinajstić information content (AvgIpc) is 2.56. The number of ether oxygens (including phenoxy) is 1. The van der Waals surface area contributed by atoms with Crippen molar-refractivity contribution in [2.45, 2.75) is 50.0 Å². The van der Waals surface area contributed by atoms with Crippen LogP contribution in [0.25, 0.3) is 0 Å². The van der Waals surface area contributed by atoms with Gasteiger partial charge in [-0.2, -0.15) is 0 Å². The molecule has 1 aromatic rings. The van der Waals surface area contributed by atoms with Gasteiger partial charge in [-0.15, -0.1) is 0 Å². The number of benzene rings is 1. The van der Waals surface area contributed by atoms with E-state index in [4.69, 9.17) is 10.5 Å². The van der Waals surface area contributed by atoms with Gasteiger partial charge in [0.1, 0.15) is 5.75 Å². The van der Waals surface area contributed by atoms with Crippen LogP contribution >= 0.6 is 0 Å². The van der Waals surface area contributed by atoms with Crippen LogP contribution in [0.4, 0.5) is 0 Å². The van der Waals surface area contributed by atoms with Gasteiger partial charge in [0.05, 0.1) is 13.7 Å².